The molecule has 0 amide bonds. The van der Waals surface area contributed by atoms with Crippen molar-refractivity contribution in [1.29, 1.82) is 0 Å². The van der Waals surface area contributed by atoms with Crippen LogP contribution in [-0.4, -0.2) is 26.7 Å². The van der Waals surface area contributed by atoms with Crippen molar-refractivity contribution in [3.8, 4) is 0 Å². The van der Waals surface area contributed by atoms with Crippen LogP contribution >= 0.6 is 0 Å². The van der Waals surface area contributed by atoms with E-state index < -0.39 is 10.0 Å². The maximum atomic E-state index is 12.0. The second-order valence-corrected chi connectivity index (χ2v) is 7.68. The molecule has 0 saturated carbocycles. The fourth-order valence-electron chi connectivity index (χ4n) is 1.53. The van der Waals surface area contributed by atoms with E-state index in [4.69, 9.17) is 5.11 Å². The van der Waals surface area contributed by atoms with Crippen LogP contribution in [0.3, 0.4) is 0 Å². The van der Waals surface area contributed by atoms with Crippen LogP contribution in [0.5, 0.6) is 0 Å². The Morgan fingerprint density at radius 1 is 1.21 bits per heavy atom. The summed E-state index contributed by atoms with van der Waals surface area (Å²) in [5.41, 5.74) is 1.09. The number of benzene rings is 1. The zero-order valence-corrected chi connectivity index (χ0v) is 12.8. The Kier molecular flexibility index (Phi) is 5.12. The molecule has 1 unspecified atom stereocenters. The summed E-state index contributed by atoms with van der Waals surface area (Å²) < 4.78 is 26.5. The molecule has 0 bridgehead atoms. The monoisotopic (exact) mass is 285 g/mol. The number of rotatable bonds is 5. The first kappa shape index (κ1) is 16.1. The third-order valence-electron chi connectivity index (χ3n) is 2.96. The van der Waals surface area contributed by atoms with Crippen molar-refractivity contribution in [3.05, 3.63) is 29.8 Å². The smallest absolute Gasteiger partial charge is 0.240 e. The molecule has 1 rings (SSSR count). The van der Waals surface area contributed by atoms with Gasteiger partial charge in [-0.1, -0.05) is 39.8 Å². The Balaban J connectivity index is 2.85. The van der Waals surface area contributed by atoms with E-state index in [0.29, 0.717) is 0 Å². The van der Waals surface area contributed by atoms with Gasteiger partial charge in [0.25, 0.3) is 0 Å². The van der Waals surface area contributed by atoms with Crippen molar-refractivity contribution < 1.29 is 13.5 Å². The molecule has 0 saturated heterocycles. The summed E-state index contributed by atoms with van der Waals surface area (Å²) in [6.07, 6.45) is 0. The van der Waals surface area contributed by atoms with Crippen molar-refractivity contribution >= 4 is 10.0 Å². The molecule has 0 aliphatic rings. The largest absolute Gasteiger partial charge is 0.396 e. The molecule has 0 fully saturated rings. The van der Waals surface area contributed by atoms with E-state index in [-0.39, 0.29) is 29.4 Å². The van der Waals surface area contributed by atoms with Gasteiger partial charge in [0.15, 0.2) is 0 Å². The van der Waals surface area contributed by atoms with Gasteiger partial charge in [-0.15, -0.1) is 0 Å². The molecule has 0 aliphatic heterocycles. The minimum absolute atomic E-state index is 0.00111. The van der Waals surface area contributed by atoms with E-state index in [1.54, 1.807) is 19.1 Å². The Hall–Kier alpha value is -0.910. The molecule has 1 aromatic rings. The SMILES string of the molecule is CC(CO)CNS(=O)(=O)c1ccc(C(C)(C)C)cc1. The lowest BCUT2D eigenvalue weighted by Crippen LogP contribution is -2.29. The van der Waals surface area contributed by atoms with Crippen LogP contribution in [-0.2, 0) is 15.4 Å². The average Bonchev–Trinajstić information content (AvgIpc) is 2.35. The van der Waals surface area contributed by atoms with E-state index in [9.17, 15) is 8.42 Å². The minimum atomic E-state index is -3.49. The Morgan fingerprint density at radius 2 is 1.74 bits per heavy atom. The maximum Gasteiger partial charge on any atom is 0.240 e. The van der Waals surface area contributed by atoms with Crippen LogP contribution in [0.2, 0.25) is 0 Å². The van der Waals surface area contributed by atoms with E-state index in [1.807, 2.05) is 12.1 Å². The van der Waals surface area contributed by atoms with Gasteiger partial charge in [0.1, 0.15) is 0 Å². The summed E-state index contributed by atoms with van der Waals surface area (Å²) >= 11 is 0. The molecule has 4 nitrogen and oxygen atoms in total. The van der Waals surface area contributed by atoms with Gasteiger partial charge in [-0.25, -0.2) is 13.1 Å². The normalized spacial score (nSPS) is 14.4. The van der Waals surface area contributed by atoms with Crippen molar-refractivity contribution in [2.24, 2.45) is 5.92 Å². The van der Waals surface area contributed by atoms with Gasteiger partial charge in [-0.3, -0.25) is 0 Å². The van der Waals surface area contributed by atoms with E-state index >= 15 is 0 Å². The van der Waals surface area contributed by atoms with Gasteiger partial charge in [0.05, 0.1) is 4.90 Å². The predicted molar refractivity (Wildman–Crippen MR) is 76.6 cm³/mol. The molecule has 1 aromatic carbocycles. The average molecular weight is 285 g/mol. The van der Waals surface area contributed by atoms with Gasteiger partial charge in [0.2, 0.25) is 10.0 Å². The van der Waals surface area contributed by atoms with Crippen LogP contribution in [0, 0.1) is 5.92 Å². The summed E-state index contributed by atoms with van der Waals surface area (Å²) in [4.78, 5) is 0.255. The lowest BCUT2D eigenvalue weighted by Gasteiger charge is -2.19. The first-order valence-corrected chi connectivity index (χ1v) is 7.86. The number of aliphatic hydroxyl groups is 1. The zero-order chi connectivity index (χ0) is 14.7. The number of hydrogen-bond acceptors (Lipinski definition) is 3. The van der Waals surface area contributed by atoms with Crippen LogP contribution in [0.15, 0.2) is 29.2 Å². The Bertz CT molecular complexity index is 500. The van der Waals surface area contributed by atoms with Crippen molar-refractivity contribution in [2.45, 2.75) is 38.0 Å². The molecule has 0 radical (unpaired) electrons. The minimum Gasteiger partial charge on any atom is -0.396 e. The van der Waals surface area contributed by atoms with Crippen LogP contribution in [0.4, 0.5) is 0 Å². The van der Waals surface area contributed by atoms with Gasteiger partial charge in [-0.05, 0) is 29.0 Å². The molecule has 0 heterocycles. The number of aliphatic hydroxyl groups excluding tert-OH is 1. The summed E-state index contributed by atoms with van der Waals surface area (Å²) in [6, 6.07) is 6.91. The van der Waals surface area contributed by atoms with Gasteiger partial charge < -0.3 is 5.11 Å². The summed E-state index contributed by atoms with van der Waals surface area (Å²) in [5, 5.41) is 8.89. The molecular formula is C14H23NO3S. The third kappa shape index (κ3) is 4.60. The highest BCUT2D eigenvalue weighted by atomic mass is 32.2. The highest BCUT2D eigenvalue weighted by Gasteiger charge is 2.17. The Morgan fingerprint density at radius 3 is 2.16 bits per heavy atom. The first-order valence-electron chi connectivity index (χ1n) is 6.38. The quantitative estimate of drug-likeness (QED) is 0.868. The molecule has 5 heteroatoms. The standard InChI is InChI=1S/C14H23NO3S/c1-11(10-16)9-15-19(17,18)13-7-5-12(6-8-13)14(2,3)4/h5-8,11,15-16H,9-10H2,1-4H3. The molecule has 0 spiro atoms. The highest BCUT2D eigenvalue weighted by Crippen LogP contribution is 2.23. The highest BCUT2D eigenvalue weighted by molar-refractivity contribution is 7.89. The predicted octanol–water partition coefficient (Wildman–Crippen LogP) is 1.89. The zero-order valence-electron chi connectivity index (χ0n) is 12.0. The second-order valence-electron chi connectivity index (χ2n) is 5.91. The first-order chi connectivity index (χ1) is 8.66. The lowest BCUT2D eigenvalue weighted by molar-refractivity contribution is 0.238. The van der Waals surface area contributed by atoms with E-state index in [2.05, 4.69) is 25.5 Å². The van der Waals surface area contributed by atoms with E-state index in [1.165, 1.54) is 0 Å². The third-order valence-corrected chi connectivity index (χ3v) is 4.40. The molecule has 0 aliphatic carbocycles. The Labute approximate surface area is 115 Å². The van der Waals surface area contributed by atoms with Crippen LogP contribution in [0.25, 0.3) is 0 Å². The van der Waals surface area contributed by atoms with Crippen LogP contribution < -0.4 is 4.72 Å². The molecule has 2 N–H and O–H groups in total. The molecule has 1 atom stereocenters. The van der Waals surface area contributed by atoms with Crippen LogP contribution in [0.1, 0.15) is 33.3 Å². The van der Waals surface area contributed by atoms with Crippen molar-refractivity contribution in [1.82, 2.24) is 4.72 Å². The molecule has 108 valence electrons. The van der Waals surface area contributed by atoms with Gasteiger partial charge in [0, 0.05) is 13.2 Å². The topological polar surface area (TPSA) is 66.4 Å². The molecular weight excluding hydrogens is 262 g/mol. The second kappa shape index (κ2) is 6.03. The fourth-order valence-corrected chi connectivity index (χ4v) is 2.70. The summed E-state index contributed by atoms with van der Waals surface area (Å²) in [7, 11) is -3.49. The van der Waals surface area contributed by atoms with Gasteiger partial charge >= 0.3 is 0 Å². The van der Waals surface area contributed by atoms with Gasteiger partial charge in [-0.2, -0.15) is 0 Å². The fraction of sp³-hybridized carbons (Fsp3) is 0.571. The summed E-state index contributed by atoms with van der Waals surface area (Å²) in [5.74, 6) is -0.0939. The molecule has 19 heavy (non-hydrogen) atoms. The molecule has 0 aromatic heterocycles. The number of sulfonamides is 1. The van der Waals surface area contributed by atoms with E-state index in [0.717, 1.165) is 5.56 Å². The number of hydrogen-bond donors (Lipinski definition) is 2. The lowest BCUT2D eigenvalue weighted by atomic mass is 9.87. The van der Waals surface area contributed by atoms with Crippen molar-refractivity contribution in [2.75, 3.05) is 13.2 Å². The number of nitrogens with one attached hydrogen (secondary N) is 1. The summed E-state index contributed by atoms with van der Waals surface area (Å²) in [6.45, 7) is 8.23. The van der Waals surface area contributed by atoms with Crippen molar-refractivity contribution in [3.63, 3.8) is 0 Å². The maximum absolute atomic E-state index is 12.0.